The third-order valence-electron chi connectivity index (χ3n) is 2.34. The van der Waals surface area contributed by atoms with Gasteiger partial charge in [-0.3, -0.25) is 9.59 Å². The number of carbonyl (C=O) groups excluding carboxylic acids is 2. The van der Waals surface area contributed by atoms with E-state index in [-0.39, 0.29) is 43.4 Å². The summed E-state index contributed by atoms with van der Waals surface area (Å²) in [7, 11) is 0. The first-order chi connectivity index (χ1) is 8.51. The summed E-state index contributed by atoms with van der Waals surface area (Å²) in [5.74, 6) is -0.524. The minimum atomic E-state index is -0.327. The average molecular weight is 306 g/mol. The molecule has 7 heteroatoms. The molecule has 1 atom stereocenters. The molecule has 1 aromatic heterocycles. The van der Waals surface area contributed by atoms with E-state index >= 15 is 0 Å². The van der Waals surface area contributed by atoms with Gasteiger partial charge in [0.2, 0.25) is 11.8 Å². The van der Waals surface area contributed by atoms with Gasteiger partial charge in [-0.1, -0.05) is 0 Å². The van der Waals surface area contributed by atoms with Gasteiger partial charge in [0.15, 0.2) is 0 Å². The highest BCUT2D eigenvalue weighted by atomic mass is 35.5. The van der Waals surface area contributed by atoms with E-state index < -0.39 is 0 Å². The smallest absolute Gasteiger partial charge is 0.239 e. The second-order valence-corrected chi connectivity index (χ2v) is 5.54. The van der Waals surface area contributed by atoms with E-state index in [1.54, 1.807) is 11.3 Å². The molecule has 108 valence electrons. The monoisotopic (exact) mass is 305 g/mol. The number of hydrogen-bond donors (Lipinski definition) is 3. The Labute approximate surface area is 123 Å². The van der Waals surface area contributed by atoms with Crippen molar-refractivity contribution in [3.05, 3.63) is 21.9 Å². The van der Waals surface area contributed by atoms with Gasteiger partial charge in [0.1, 0.15) is 0 Å². The average Bonchev–Trinajstić information content (AvgIpc) is 2.71. The van der Waals surface area contributed by atoms with E-state index in [0.717, 1.165) is 6.42 Å². The minimum absolute atomic E-state index is 0. The fourth-order valence-electron chi connectivity index (χ4n) is 1.52. The van der Waals surface area contributed by atoms with E-state index in [4.69, 9.17) is 5.73 Å². The zero-order valence-corrected chi connectivity index (χ0v) is 12.7. The molecule has 1 heterocycles. The zero-order valence-electron chi connectivity index (χ0n) is 11.1. The van der Waals surface area contributed by atoms with Crippen molar-refractivity contribution in [2.24, 2.45) is 5.73 Å². The number of thiophene rings is 1. The normalized spacial score (nSPS) is 11.3. The van der Waals surface area contributed by atoms with Crippen LogP contribution in [-0.4, -0.2) is 30.9 Å². The van der Waals surface area contributed by atoms with Gasteiger partial charge < -0.3 is 16.4 Å². The van der Waals surface area contributed by atoms with Gasteiger partial charge in [0, 0.05) is 22.2 Å². The molecular formula is C12H20ClN3O2S. The van der Waals surface area contributed by atoms with Crippen molar-refractivity contribution >= 4 is 35.6 Å². The predicted octanol–water partition coefficient (Wildman–Crippen LogP) is 0.600. The van der Waals surface area contributed by atoms with Crippen LogP contribution >= 0.6 is 23.7 Å². The Hall–Kier alpha value is -1.11. The minimum Gasteiger partial charge on any atom is -0.352 e. The molecule has 0 radical (unpaired) electrons. The molecule has 5 nitrogen and oxygen atoms in total. The first kappa shape index (κ1) is 17.9. The topological polar surface area (TPSA) is 84.2 Å². The maximum Gasteiger partial charge on any atom is 0.239 e. The Kier molecular flexibility index (Phi) is 8.38. The van der Waals surface area contributed by atoms with E-state index in [1.165, 1.54) is 9.75 Å². The maximum atomic E-state index is 11.5. The number of aryl methyl sites for hydroxylation is 1. The zero-order chi connectivity index (χ0) is 13.5. The highest BCUT2D eigenvalue weighted by Gasteiger charge is 2.09. The van der Waals surface area contributed by atoms with Crippen molar-refractivity contribution in [3.63, 3.8) is 0 Å². The molecule has 0 aliphatic heterocycles. The molecule has 19 heavy (non-hydrogen) atoms. The third kappa shape index (κ3) is 7.15. The molecule has 0 aliphatic rings. The Morgan fingerprint density at radius 3 is 2.58 bits per heavy atom. The van der Waals surface area contributed by atoms with Crippen molar-refractivity contribution in [3.8, 4) is 0 Å². The molecule has 1 aromatic rings. The van der Waals surface area contributed by atoms with Gasteiger partial charge in [0.05, 0.1) is 13.1 Å². The van der Waals surface area contributed by atoms with E-state index in [0.29, 0.717) is 0 Å². The number of nitrogens with two attached hydrogens (primary N) is 1. The van der Waals surface area contributed by atoms with Crippen LogP contribution in [0.4, 0.5) is 0 Å². The van der Waals surface area contributed by atoms with Gasteiger partial charge in [-0.15, -0.1) is 23.7 Å². The number of rotatable bonds is 6. The van der Waals surface area contributed by atoms with Crippen LogP contribution in [0, 0.1) is 6.92 Å². The highest BCUT2D eigenvalue weighted by molar-refractivity contribution is 7.11. The lowest BCUT2D eigenvalue weighted by Gasteiger charge is -2.13. The molecule has 1 unspecified atom stereocenters. The Morgan fingerprint density at radius 1 is 1.37 bits per heavy atom. The summed E-state index contributed by atoms with van der Waals surface area (Å²) in [6.45, 7) is 3.87. The molecule has 0 fully saturated rings. The van der Waals surface area contributed by atoms with E-state index in [1.807, 2.05) is 6.92 Å². The Balaban J connectivity index is 0.00000324. The van der Waals surface area contributed by atoms with Crippen LogP contribution < -0.4 is 16.4 Å². The second-order valence-electron chi connectivity index (χ2n) is 4.17. The molecule has 0 saturated heterocycles. The lowest BCUT2D eigenvalue weighted by Crippen LogP contribution is -2.43. The van der Waals surface area contributed by atoms with Crippen molar-refractivity contribution in [1.82, 2.24) is 10.6 Å². The summed E-state index contributed by atoms with van der Waals surface area (Å²) in [5.41, 5.74) is 5.12. The number of hydrogen-bond acceptors (Lipinski definition) is 4. The molecule has 0 bridgehead atoms. The van der Waals surface area contributed by atoms with Gasteiger partial charge in [-0.25, -0.2) is 0 Å². The second kappa shape index (κ2) is 8.90. The van der Waals surface area contributed by atoms with Crippen molar-refractivity contribution in [2.45, 2.75) is 26.3 Å². The van der Waals surface area contributed by atoms with Crippen LogP contribution in [0.5, 0.6) is 0 Å². The fourth-order valence-corrected chi connectivity index (χ4v) is 2.54. The Morgan fingerprint density at radius 2 is 2.05 bits per heavy atom. The van der Waals surface area contributed by atoms with Crippen molar-refractivity contribution in [1.29, 1.82) is 0 Å². The lowest BCUT2D eigenvalue weighted by atomic mass is 10.2. The van der Waals surface area contributed by atoms with E-state index in [2.05, 4.69) is 29.7 Å². The summed E-state index contributed by atoms with van der Waals surface area (Å²) in [6, 6.07) is 4.18. The van der Waals surface area contributed by atoms with Gasteiger partial charge in [0.25, 0.3) is 0 Å². The summed E-state index contributed by atoms with van der Waals surface area (Å²) in [6.07, 6.45) is 0.801. The molecule has 0 aromatic carbocycles. The van der Waals surface area contributed by atoms with Crippen LogP contribution in [0.3, 0.4) is 0 Å². The van der Waals surface area contributed by atoms with Crippen LogP contribution in [0.15, 0.2) is 12.1 Å². The maximum absolute atomic E-state index is 11.5. The van der Waals surface area contributed by atoms with Gasteiger partial charge in [-0.05, 0) is 26.0 Å². The largest absolute Gasteiger partial charge is 0.352 e. The van der Waals surface area contributed by atoms with Gasteiger partial charge in [-0.2, -0.15) is 0 Å². The standard InChI is InChI=1S/C12H19N3O2S.ClH/c1-8(5-10-4-3-9(2)18-10)15-12(17)7-14-11(16)6-13;/h3-4,8H,5-7,13H2,1-2H3,(H,14,16)(H,15,17);1H. The van der Waals surface area contributed by atoms with Crippen molar-refractivity contribution < 1.29 is 9.59 Å². The van der Waals surface area contributed by atoms with Crippen LogP contribution in [-0.2, 0) is 16.0 Å². The summed E-state index contributed by atoms with van der Waals surface area (Å²) in [4.78, 5) is 24.9. The number of carbonyl (C=O) groups is 2. The van der Waals surface area contributed by atoms with Crippen LogP contribution in [0.25, 0.3) is 0 Å². The van der Waals surface area contributed by atoms with Crippen molar-refractivity contribution in [2.75, 3.05) is 13.1 Å². The summed E-state index contributed by atoms with van der Waals surface area (Å²) >= 11 is 1.73. The lowest BCUT2D eigenvalue weighted by molar-refractivity contribution is -0.125. The number of halogens is 1. The number of nitrogens with one attached hydrogen (secondary N) is 2. The summed E-state index contributed by atoms with van der Waals surface area (Å²) in [5, 5.41) is 5.26. The fraction of sp³-hybridized carbons (Fsp3) is 0.500. The highest BCUT2D eigenvalue weighted by Crippen LogP contribution is 2.16. The molecule has 0 spiro atoms. The van der Waals surface area contributed by atoms with Crippen LogP contribution in [0.2, 0.25) is 0 Å². The molecule has 1 rings (SSSR count). The molecule has 0 saturated carbocycles. The molecule has 2 amide bonds. The third-order valence-corrected chi connectivity index (χ3v) is 3.37. The quantitative estimate of drug-likeness (QED) is 0.719. The predicted molar refractivity (Wildman–Crippen MR) is 79.7 cm³/mol. The van der Waals surface area contributed by atoms with Crippen LogP contribution in [0.1, 0.15) is 16.7 Å². The van der Waals surface area contributed by atoms with E-state index in [9.17, 15) is 9.59 Å². The molecule has 0 aliphatic carbocycles. The molecular weight excluding hydrogens is 286 g/mol. The van der Waals surface area contributed by atoms with Gasteiger partial charge >= 0.3 is 0 Å². The first-order valence-electron chi connectivity index (χ1n) is 5.82. The molecule has 4 N–H and O–H groups in total. The summed E-state index contributed by atoms with van der Waals surface area (Å²) < 4.78 is 0. The SMILES string of the molecule is Cc1ccc(CC(C)NC(=O)CNC(=O)CN)s1.Cl. The number of amides is 2. The Bertz CT molecular complexity index is 423. The first-order valence-corrected chi connectivity index (χ1v) is 6.64.